The lowest BCUT2D eigenvalue weighted by Gasteiger charge is -2.28. The topological polar surface area (TPSA) is 145 Å². The Labute approximate surface area is 216 Å². The number of ether oxygens (including phenoxy) is 1. The van der Waals surface area contributed by atoms with Gasteiger partial charge >= 0.3 is 0 Å². The average molecular weight is 528 g/mol. The van der Waals surface area contributed by atoms with Gasteiger partial charge in [-0.05, 0) is 38.0 Å². The number of anilines is 3. The fraction of sp³-hybridized carbons (Fsp3) is 0.625. The number of aromatic nitrogens is 6. The molecule has 3 aromatic heterocycles. The minimum atomic E-state index is -3.04. The van der Waals surface area contributed by atoms with Gasteiger partial charge in [-0.1, -0.05) is 0 Å². The second-order valence-corrected chi connectivity index (χ2v) is 12.7. The van der Waals surface area contributed by atoms with Crippen molar-refractivity contribution in [1.82, 2.24) is 29.5 Å². The maximum Gasteiger partial charge on any atom is 0.220 e. The second kappa shape index (κ2) is 9.35. The molecule has 13 heteroatoms. The summed E-state index contributed by atoms with van der Waals surface area (Å²) in [5.74, 6) is 3.29. The number of morpholine rings is 1. The number of hydrogen-bond acceptors (Lipinski definition) is 11. The van der Waals surface area contributed by atoms with Crippen LogP contribution in [0.4, 0.5) is 17.7 Å². The molecule has 12 nitrogen and oxygen atoms in total. The van der Waals surface area contributed by atoms with E-state index < -0.39 is 9.84 Å². The van der Waals surface area contributed by atoms with Crippen molar-refractivity contribution in [3.63, 3.8) is 0 Å². The molecule has 6 rings (SSSR count). The van der Waals surface area contributed by atoms with Crippen LogP contribution in [0.3, 0.4) is 0 Å². The zero-order valence-electron chi connectivity index (χ0n) is 21.3. The summed E-state index contributed by atoms with van der Waals surface area (Å²) in [6.45, 7) is 6.83. The molecule has 1 aliphatic carbocycles. The molecule has 0 bridgehead atoms. The molecule has 1 saturated carbocycles. The molecule has 37 heavy (non-hydrogen) atoms. The van der Waals surface area contributed by atoms with Crippen molar-refractivity contribution in [3.05, 3.63) is 11.9 Å². The molecule has 3 fully saturated rings. The Bertz CT molecular complexity index is 1430. The van der Waals surface area contributed by atoms with E-state index in [0.29, 0.717) is 44.6 Å². The number of nitrogens with two attached hydrogens (primary N) is 1. The normalized spacial score (nSPS) is 20.8. The first-order chi connectivity index (χ1) is 17.7. The van der Waals surface area contributed by atoms with Gasteiger partial charge in [0.15, 0.2) is 22.8 Å². The van der Waals surface area contributed by atoms with Crippen molar-refractivity contribution in [2.75, 3.05) is 66.9 Å². The summed E-state index contributed by atoms with van der Waals surface area (Å²) in [6, 6.07) is 0. The van der Waals surface area contributed by atoms with Crippen LogP contribution in [-0.4, -0.2) is 89.3 Å². The lowest BCUT2D eigenvalue weighted by atomic mass is 10.2. The molecule has 0 radical (unpaired) electrons. The molecule has 0 amide bonds. The second-order valence-electron chi connectivity index (χ2n) is 10.5. The van der Waals surface area contributed by atoms with E-state index in [0.717, 1.165) is 53.7 Å². The molecule has 3 aliphatic rings. The van der Waals surface area contributed by atoms with Crippen LogP contribution in [0, 0.1) is 18.8 Å². The molecule has 2 N–H and O–H groups in total. The van der Waals surface area contributed by atoms with E-state index in [4.69, 9.17) is 25.4 Å². The predicted molar refractivity (Wildman–Crippen MR) is 141 cm³/mol. The molecule has 0 spiro atoms. The summed E-state index contributed by atoms with van der Waals surface area (Å²) < 4.78 is 31.7. The van der Waals surface area contributed by atoms with Gasteiger partial charge in [-0.25, -0.2) is 33.3 Å². The number of hydrogen-bond donors (Lipinski definition) is 1. The number of sulfone groups is 1. The van der Waals surface area contributed by atoms with E-state index in [1.54, 1.807) is 6.20 Å². The standard InChI is InChI=1S/C24H33N9O3S/c1-15-18(11-26-23(25)27-15)20-29-21(31-7-9-36-10-8-31)19-22(30-20)33(13-16-3-4-16)24(28-19)32-6-5-17(12-32)14-37(2,34)35/h11,16-17H,3-10,12-14H2,1-2H3,(H2,25,26,27). The quantitative estimate of drug-likeness (QED) is 0.474. The SMILES string of the molecule is Cc1nc(N)ncc1-c1nc(N2CCOCC2)c2nc(N3CCC(CS(C)(=O)=O)C3)n(CC3CC3)c2n1. The molecule has 198 valence electrons. The highest BCUT2D eigenvalue weighted by atomic mass is 32.2. The third kappa shape index (κ3) is 5.06. The van der Waals surface area contributed by atoms with Gasteiger partial charge in [0.2, 0.25) is 11.9 Å². The Morgan fingerprint density at radius 3 is 2.51 bits per heavy atom. The van der Waals surface area contributed by atoms with Crippen LogP contribution >= 0.6 is 0 Å². The number of nitrogen functional groups attached to an aromatic ring is 1. The molecule has 1 atom stereocenters. The maximum absolute atomic E-state index is 11.9. The number of aryl methyl sites for hydroxylation is 1. The van der Waals surface area contributed by atoms with Crippen LogP contribution in [-0.2, 0) is 21.1 Å². The highest BCUT2D eigenvalue weighted by molar-refractivity contribution is 7.90. The van der Waals surface area contributed by atoms with E-state index in [9.17, 15) is 8.42 Å². The third-order valence-corrected chi connectivity index (χ3v) is 8.43. The summed E-state index contributed by atoms with van der Waals surface area (Å²) in [5.41, 5.74) is 8.82. The maximum atomic E-state index is 11.9. The largest absolute Gasteiger partial charge is 0.378 e. The average Bonchev–Trinajstić information content (AvgIpc) is 3.44. The summed E-state index contributed by atoms with van der Waals surface area (Å²) in [6.07, 6.45) is 6.20. The molecule has 0 aromatic carbocycles. The van der Waals surface area contributed by atoms with Gasteiger partial charge in [0, 0.05) is 45.2 Å². The van der Waals surface area contributed by atoms with E-state index in [1.807, 2.05) is 6.92 Å². The van der Waals surface area contributed by atoms with Crippen molar-refractivity contribution >= 4 is 38.7 Å². The fourth-order valence-corrected chi connectivity index (χ4v) is 6.47. The Kier molecular flexibility index (Phi) is 6.14. The fourth-order valence-electron chi connectivity index (χ4n) is 5.34. The van der Waals surface area contributed by atoms with Crippen LogP contribution in [0.5, 0.6) is 0 Å². The number of fused-ring (bicyclic) bond motifs is 1. The molecule has 1 unspecified atom stereocenters. The number of imidazole rings is 1. The first-order valence-corrected chi connectivity index (χ1v) is 14.9. The smallest absolute Gasteiger partial charge is 0.220 e. The molecule has 2 saturated heterocycles. The van der Waals surface area contributed by atoms with Gasteiger partial charge in [-0.3, -0.25) is 4.57 Å². The van der Waals surface area contributed by atoms with E-state index in [-0.39, 0.29) is 17.6 Å². The number of rotatable bonds is 7. The van der Waals surface area contributed by atoms with Crippen LogP contribution in [0.15, 0.2) is 6.20 Å². The first kappa shape index (κ1) is 24.3. The van der Waals surface area contributed by atoms with Gasteiger partial charge in [0.25, 0.3) is 0 Å². The minimum Gasteiger partial charge on any atom is -0.378 e. The lowest BCUT2D eigenvalue weighted by Crippen LogP contribution is -2.37. The summed E-state index contributed by atoms with van der Waals surface area (Å²) in [4.78, 5) is 28.1. The highest BCUT2D eigenvalue weighted by Gasteiger charge is 2.33. The summed E-state index contributed by atoms with van der Waals surface area (Å²) in [7, 11) is -3.04. The van der Waals surface area contributed by atoms with E-state index in [2.05, 4.69) is 24.3 Å². The van der Waals surface area contributed by atoms with Crippen LogP contribution < -0.4 is 15.5 Å². The monoisotopic (exact) mass is 527 g/mol. The van der Waals surface area contributed by atoms with Crippen molar-refractivity contribution in [1.29, 1.82) is 0 Å². The van der Waals surface area contributed by atoms with E-state index in [1.165, 1.54) is 19.1 Å². The van der Waals surface area contributed by atoms with Crippen molar-refractivity contribution in [3.8, 4) is 11.4 Å². The zero-order valence-corrected chi connectivity index (χ0v) is 22.1. The molecular weight excluding hydrogens is 494 g/mol. The van der Waals surface area contributed by atoms with Gasteiger partial charge in [0.1, 0.15) is 9.84 Å². The molecular formula is C24H33N9O3S. The van der Waals surface area contributed by atoms with Gasteiger partial charge < -0.3 is 20.3 Å². The van der Waals surface area contributed by atoms with Crippen LogP contribution in [0.25, 0.3) is 22.6 Å². The molecule has 5 heterocycles. The van der Waals surface area contributed by atoms with Crippen LogP contribution in [0.2, 0.25) is 0 Å². The van der Waals surface area contributed by atoms with Crippen LogP contribution in [0.1, 0.15) is 25.0 Å². The van der Waals surface area contributed by atoms with Crippen molar-refractivity contribution < 1.29 is 13.2 Å². The Morgan fingerprint density at radius 1 is 1.03 bits per heavy atom. The van der Waals surface area contributed by atoms with Crippen molar-refractivity contribution in [2.45, 2.75) is 32.7 Å². The van der Waals surface area contributed by atoms with Crippen molar-refractivity contribution in [2.24, 2.45) is 11.8 Å². The van der Waals surface area contributed by atoms with E-state index >= 15 is 0 Å². The Hall–Kier alpha value is -3.06. The summed E-state index contributed by atoms with van der Waals surface area (Å²) in [5, 5.41) is 0. The summed E-state index contributed by atoms with van der Waals surface area (Å²) >= 11 is 0. The minimum absolute atomic E-state index is 0.0964. The highest BCUT2D eigenvalue weighted by Crippen LogP contribution is 2.38. The zero-order chi connectivity index (χ0) is 25.7. The lowest BCUT2D eigenvalue weighted by molar-refractivity contribution is 0.122. The van der Waals surface area contributed by atoms with Gasteiger partial charge in [-0.15, -0.1) is 0 Å². The first-order valence-electron chi connectivity index (χ1n) is 12.9. The van der Waals surface area contributed by atoms with Gasteiger partial charge in [-0.2, -0.15) is 0 Å². The van der Waals surface area contributed by atoms with Gasteiger partial charge in [0.05, 0.1) is 30.2 Å². The molecule has 2 aliphatic heterocycles. The Balaban J connectivity index is 1.49. The molecule has 3 aromatic rings. The Morgan fingerprint density at radius 2 is 1.81 bits per heavy atom. The number of nitrogens with zero attached hydrogens (tertiary/aromatic N) is 8. The predicted octanol–water partition coefficient (Wildman–Crippen LogP) is 1.29. The third-order valence-electron chi connectivity index (χ3n) is 7.35.